The van der Waals surface area contributed by atoms with Gasteiger partial charge < -0.3 is 10.5 Å². The lowest BCUT2D eigenvalue weighted by atomic mass is 9.88. The minimum Gasteiger partial charge on any atom is -0.457 e. The number of ether oxygens (including phenoxy) is 1. The Hall–Kier alpha value is -3.02. The molecular formula is C21H21N6OP. The van der Waals surface area contributed by atoms with Crippen LogP contribution >= 0.6 is 9.39 Å². The van der Waals surface area contributed by atoms with Crippen molar-refractivity contribution < 1.29 is 4.74 Å². The number of aromatic nitrogens is 4. The fourth-order valence-electron chi connectivity index (χ4n) is 3.68. The molecule has 5 rings (SSSR count). The van der Waals surface area contributed by atoms with Crippen molar-refractivity contribution in [2.75, 3.05) is 5.73 Å². The number of fused-ring (bicyclic) bond motifs is 1. The highest BCUT2D eigenvalue weighted by atomic mass is 31.0. The number of anilines is 1. The lowest BCUT2D eigenvalue weighted by Gasteiger charge is -2.35. The summed E-state index contributed by atoms with van der Waals surface area (Å²) in [4.78, 5) is 8.66. The SMILES string of the molecule is Nc1ncnc2c1c(-c1ccc(Oc3ccccc3)cc1)nn2C1CC(NP)C1. The van der Waals surface area contributed by atoms with Crippen molar-refractivity contribution in [3.63, 3.8) is 0 Å². The van der Waals surface area contributed by atoms with E-state index in [1.807, 2.05) is 59.3 Å². The molecule has 3 N–H and O–H groups in total. The molecule has 2 aromatic heterocycles. The van der Waals surface area contributed by atoms with E-state index in [0.717, 1.165) is 46.6 Å². The van der Waals surface area contributed by atoms with E-state index in [4.69, 9.17) is 15.6 Å². The number of nitrogens with two attached hydrogens (primary N) is 1. The molecule has 1 unspecified atom stereocenters. The Labute approximate surface area is 170 Å². The Morgan fingerprint density at radius 1 is 1.00 bits per heavy atom. The smallest absolute Gasteiger partial charge is 0.164 e. The van der Waals surface area contributed by atoms with Crippen molar-refractivity contribution in [2.24, 2.45) is 0 Å². The van der Waals surface area contributed by atoms with E-state index >= 15 is 0 Å². The molecule has 1 atom stereocenters. The summed E-state index contributed by atoms with van der Waals surface area (Å²) in [7, 11) is 2.58. The van der Waals surface area contributed by atoms with Gasteiger partial charge in [-0.25, -0.2) is 14.6 Å². The van der Waals surface area contributed by atoms with Crippen molar-refractivity contribution in [3.8, 4) is 22.8 Å². The zero-order chi connectivity index (χ0) is 19.8. The summed E-state index contributed by atoms with van der Waals surface area (Å²) in [5.74, 6) is 2.01. The molecule has 7 nitrogen and oxygen atoms in total. The molecule has 1 fully saturated rings. The number of nitrogen functional groups attached to an aromatic ring is 1. The second kappa shape index (κ2) is 7.43. The molecule has 146 valence electrons. The van der Waals surface area contributed by atoms with Crippen LogP contribution < -0.4 is 15.6 Å². The van der Waals surface area contributed by atoms with Crippen molar-refractivity contribution in [2.45, 2.75) is 24.9 Å². The van der Waals surface area contributed by atoms with E-state index in [-0.39, 0.29) is 0 Å². The van der Waals surface area contributed by atoms with Crippen LogP contribution in [0.3, 0.4) is 0 Å². The van der Waals surface area contributed by atoms with Gasteiger partial charge in [0.2, 0.25) is 0 Å². The minimum absolute atomic E-state index is 0.305. The highest BCUT2D eigenvalue weighted by Gasteiger charge is 2.32. The molecule has 0 spiro atoms. The number of nitrogens with zero attached hydrogens (tertiary/aromatic N) is 4. The predicted octanol–water partition coefficient (Wildman–Crippen LogP) is 3.95. The lowest BCUT2D eigenvalue weighted by Crippen LogP contribution is -2.38. The predicted molar refractivity (Wildman–Crippen MR) is 117 cm³/mol. The van der Waals surface area contributed by atoms with Gasteiger partial charge in [0.25, 0.3) is 0 Å². The molecule has 0 saturated heterocycles. The summed E-state index contributed by atoms with van der Waals surface area (Å²) in [6, 6.07) is 18.4. The summed E-state index contributed by atoms with van der Waals surface area (Å²) >= 11 is 0. The minimum atomic E-state index is 0.305. The summed E-state index contributed by atoms with van der Waals surface area (Å²) < 4.78 is 7.89. The zero-order valence-corrected chi connectivity index (χ0v) is 16.8. The first-order valence-corrected chi connectivity index (χ1v) is 10.1. The molecule has 29 heavy (non-hydrogen) atoms. The quantitative estimate of drug-likeness (QED) is 0.490. The van der Waals surface area contributed by atoms with Crippen LogP contribution in [-0.2, 0) is 0 Å². The molecule has 2 heterocycles. The number of nitrogens with one attached hydrogen (secondary N) is 1. The first kappa shape index (κ1) is 18.0. The summed E-state index contributed by atoms with van der Waals surface area (Å²) in [6.45, 7) is 0. The molecule has 8 heteroatoms. The van der Waals surface area contributed by atoms with Crippen LogP contribution in [-0.4, -0.2) is 25.8 Å². The normalized spacial score (nSPS) is 18.5. The topological polar surface area (TPSA) is 90.9 Å². The third kappa shape index (κ3) is 3.33. The van der Waals surface area contributed by atoms with E-state index < -0.39 is 0 Å². The number of hydrogen-bond donors (Lipinski definition) is 2. The highest BCUT2D eigenvalue weighted by Crippen LogP contribution is 2.38. The fraction of sp³-hybridized carbons (Fsp3) is 0.190. The fourth-order valence-corrected chi connectivity index (χ4v) is 3.95. The largest absolute Gasteiger partial charge is 0.457 e. The third-order valence-corrected chi connectivity index (χ3v) is 5.79. The van der Waals surface area contributed by atoms with Gasteiger partial charge in [0.15, 0.2) is 5.65 Å². The molecule has 1 aliphatic carbocycles. The molecule has 1 aliphatic rings. The maximum Gasteiger partial charge on any atom is 0.164 e. The van der Waals surface area contributed by atoms with E-state index in [1.165, 1.54) is 6.33 Å². The van der Waals surface area contributed by atoms with Crippen LogP contribution in [0.5, 0.6) is 11.5 Å². The van der Waals surface area contributed by atoms with Crippen molar-refractivity contribution in [1.82, 2.24) is 24.8 Å². The van der Waals surface area contributed by atoms with Gasteiger partial charge in [-0.1, -0.05) is 27.6 Å². The Bertz CT molecular complexity index is 1140. The van der Waals surface area contributed by atoms with Gasteiger partial charge in [-0.3, -0.25) is 5.09 Å². The van der Waals surface area contributed by atoms with Crippen LogP contribution in [0.2, 0.25) is 0 Å². The van der Waals surface area contributed by atoms with Gasteiger partial charge >= 0.3 is 0 Å². The Balaban J connectivity index is 1.50. The van der Waals surface area contributed by atoms with E-state index in [1.54, 1.807) is 0 Å². The molecule has 0 amide bonds. The molecule has 4 aromatic rings. The Kier molecular flexibility index (Phi) is 4.62. The average molecular weight is 404 g/mol. The van der Waals surface area contributed by atoms with Gasteiger partial charge in [-0.15, -0.1) is 0 Å². The van der Waals surface area contributed by atoms with Crippen molar-refractivity contribution >= 4 is 26.2 Å². The van der Waals surface area contributed by atoms with Crippen LogP contribution in [0, 0.1) is 0 Å². The average Bonchev–Trinajstić information content (AvgIpc) is 3.09. The molecule has 0 radical (unpaired) electrons. The first-order chi connectivity index (χ1) is 14.2. The molecular weight excluding hydrogens is 383 g/mol. The first-order valence-electron chi connectivity index (χ1n) is 9.51. The van der Waals surface area contributed by atoms with Gasteiger partial charge in [-0.05, 0) is 49.2 Å². The van der Waals surface area contributed by atoms with Gasteiger partial charge in [0, 0.05) is 11.6 Å². The maximum absolute atomic E-state index is 6.21. The molecule has 1 saturated carbocycles. The summed E-state index contributed by atoms with van der Waals surface area (Å²) in [5, 5.41) is 8.91. The van der Waals surface area contributed by atoms with Crippen molar-refractivity contribution in [1.29, 1.82) is 0 Å². The van der Waals surface area contributed by atoms with Crippen LogP contribution in [0.15, 0.2) is 60.9 Å². The monoisotopic (exact) mass is 404 g/mol. The van der Waals surface area contributed by atoms with Crippen LogP contribution in [0.4, 0.5) is 5.82 Å². The van der Waals surface area contributed by atoms with Gasteiger partial charge in [0.05, 0.1) is 11.4 Å². The maximum atomic E-state index is 6.21. The summed E-state index contributed by atoms with van der Waals surface area (Å²) in [5.41, 5.74) is 8.74. The van der Waals surface area contributed by atoms with E-state index in [9.17, 15) is 0 Å². The molecule has 2 aromatic carbocycles. The third-order valence-electron chi connectivity index (χ3n) is 5.32. The lowest BCUT2D eigenvalue weighted by molar-refractivity contribution is 0.241. The number of benzene rings is 2. The highest BCUT2D eigenvalue weighted by molar-refractivity contribution is 7.13. The van der Waals surface area contributed by atoms with Gasteiger partial charge in [-0.2, -0.15) is 5.10 Å². The van der Waals surface area contributed by atoms with Crippen molar-refractivity contribution in [3.05, 3.63) is 60.9 Å². The zero-order valence-electron chi connectivity index (χ0n) is 15.7. The number of rotatable bonds is 5. The van der Waals surface area contributed by atoms with E-state index in [2.05, 4.69) is 24.4 Å². The standard InChI is InChI=1S/C21H21N6OP/c22-20-18-19(13-6-8-17(9-7-13)28-16-4-2-1-3-5-16)25-27(21(18)24-12-23-20)15-10-14(11-15)26-29/h1-9,12,14-15,26H,10-11,29H2,(H2,22,23,24). The Morgan fingerprint density at radius 2 is 1.72 bits per heavy atom. The van der Waals surface area contributed by atoms with Crippen LogP contribution in [0.1, 0.15) is 18.9 Å². The second-order valence-corrected chi connectivity index (χ2v) is 7.51. The number of para-hydroxylation sites is 1. The van der Waals surface area contributed by atoms with Gasteiger partial charge in [0.1, 0.15) is 29.3 Å². The Morgan fingerprint density at radius 3 is 2.45 bits per heavy atom. The molecule has 0 aliphatic heterocycles. The van der Waals surface area contributed by atoms with Crippen LogP contribution in [0.25, 0.3) is 22.3 Å². The summed E-state index contributed by atoms with van der Waals surface area (Å²) in [6.07, 6.45) is 3.52. The van der Waals surface area contributed by atoms with E-state index in [0.29, 0.717) is 17.9 Å². The second-order valence-electron chi connectivity index (χ2n) is 7.18. The molecule has 0 bridgehead atoms. The number of hydrogen-bond acceptors (Lipinski definition) is 6.